The first-order chi connectivity index (χ1) is 13.1. The van der Waals surface area contributed by atoms with Crippen molar-refractivity contribution < 1.29 is 13.9 Å². The first kappa shape index (κ1) is 20.6. The maximum atomic E-state index is 13.7. The van der Waals surface area contributed by atoms with Gasteiger partial charge in [0.2, 0.25) is 5.88 Å². The van der Waals surface area contributed by atoms with Crippen LogP contribution in [0.1, 0.15) is 23.6 Å². The number of halogens is 1. The van der Waals surface area contributed by atoms with E-state index >= 15 is 0 Å². The number of benzene rings is 1. The van der Waals surface area contributed by atoms with E-state index in [9.17, 15) is 4.39 Å². The molecule has 2 N–H and O–H groups in total. The Balaban J connectivity index is 1.91. The first-order valence-corrected chi connectivity index (χ1v) is 8.96. The van der Waals surface area contributed by atoms with E-state index in [-0.39, 0.29) is 5.82 Å². The molecule has 0 aliphatic heterocycles. The molecule has 7 heteroatoms. The average molecular weight is 374 g/mol. The van der Waals surface area contributed by atoms with Gasteiger partial charge in [-0.15, -0.1) is 0 Å². The molecule has 0 amide bonds. The summed E-state index contributed by atoms with van der Waals surface area (Å²) in [7, 11) is 1.63. The van der Waals surface area contributed by atoms with Crippen LogP contribution < -0.4 is 15.4 Å². The number of pyridine rings is 1. The first-order valence-electron chi connectivity index (χ1n) is 8.96. The largest absolute Gasteiger partial charge is 0.475 e. The standard InChI is InChI=1S/C20H27FN4O2/c1-4-22-20(24-12-16-6-5-15(2)18(21)11-16)25-14-17-7-8-19(23-13-17)27-10-9-26-3/h5-8,11,13H,4,9-10,12,14H2,1-3H3,(H2,22,24,25). The molecule has 1 aromatic carbocycles. The van der Waals surface area contributed by atoms with Gasteiger partial charge in [0.1, 0.15) is 12.4 Å². The maximum Gasteiger partial charge on any atom is 0.213 e. The molecule has 0 atom stereocenters. The SMILES string of the molecule is CCNC(=NCc1ccc(OCCOC)nc1)NCc1ccc(C)c(F)c1. The molecule has 0 bridgehead atoms. The number of aliphatic imine (C=N–C) groups is 1. The van der Waals surface area contributed by atoms with Crippen molar-refractivity contribution >= 4 is 5.96 Å². The molecular weight excluding hydrogens is 347 g/mol. The molecule has 27 heavy (non-hydrogen) atoms. The molecule has 146 valence electrons. The minimum atomic E-state index is -0.199. The fourth-order valence-corrected chi connectivity index (χ4v) is 2.26. The second-order valence-electron chi connectivity index (χ2n) is 5.98. The lowest BCUT2D eigenvalue weighted by atomic mass is 10.1. The summed E-state index contributed by atoms with van der Waals surface area (Å²) < 4.78 is 24.0. The van der Waals surface area contributed by atoms with Gasteiger partial charge in [0.25, 0.3) is 0 Å². The van der Waals surface area contributed by atoms with Crippen LogP contribution in [-0.4, -0.2) is 37.8 Å². The molecule has 0 aliphatic rings. The Labute approximate surface area is 159 Å². The smallest absolute Gasteiger partial charge is 0.213 e. The summed E-state index contributed by atoms with van der Waals surface area (Å²) in [6, 6.07) is 8.96. The van der Waals surface area contributed by atoms with Crippen LogP contribution in [0, 0.1) is 12.7 Å². The van der Waals surface area contributed by atoms with E-state index in [0.717, 1.165) is 17.7 Å². The normalized spacial score (nSPS) is 11.3. The summed E-state index contributed by atoms with van der Waals surface area (Å²) in [5.74, 6) is 1.03. The maximum absolute atomic E-state index is 13.7. The van der Waals surface area contributed by atoms with E-state index in [1.165, 1.54) is 6.07 Å². The molecule has 2 rings (SSSR count). The summed E-state index contributed by atoms with van der Waals surface area (Å²) in [4.78, 5) is 8.80. The van der Waals surface area contributed by atoms with Crippen LogP contribution in [0.3, 0.4) is 0 Å². The third kappa shape index (κ3) is 7.22. The molecule has 0 aliphatic carbocycles. The molecule has 1 aromatic heterocycles. The quantitative estimate of drug-likeness (QED) is 0.401. The molecular formula is C20H27FN4O2. The van der Waals surface area contributed by atoms with Crippen LogP contribution >= 0.6 is 0 Å². The predicted octanol–water partition coefficient (Wildman–Crippen LogP) is 2.81. The van der Waals surface area contributed by atoms with Gasteiger partial charge in [-0.1, -0.05) is 18.2 Å². The van der Waals surface area contributed by atoms with Gasteiger partial charge in [-0.05, 0) is 36.6 Å². The van der Waals surface area contributed by atoms with Gasteiger partial charge in [-0.2, -0.15) is 0 Å². The van der Waals surface area contributed by atoms with E-state index in [4.69, 9.17) is 9.47 Å². The lowest BCUT2D eigenvalue weighted by Crippen LogP contribution is -2.36. The third-order valence-corrected chi connectivity index (χ3v) is 3.80. The number of aromatic nitrogens is 1. The number of ether oxygens (including phenoxy) is 2. The van der Waals surface area contributed by atoms with E-state index in [0.29, 0.717) is 43.7 Å². The van der Waals surface area contributed by atoms with Crippen LogP contribution in [0.2, 0.25) is 0 Å². The summed E-state index contributed by atoms with van der Waals surface area (Å²) in [5.41, 5.74) is 2.47. The summed E-state index contributed by atoms with van der Waals surface area (Å²) >= 11 is 0. The van der Waals surface area contributed by atoms with Crippen LogP contribution in [-0.2, 0) is 17.8 Å². The number of hydrogen-bond acceptors (Lipinski definition) is 4. The molecule has 0 saturated carbocycles. The Morgan fingerprint density at radius 3 is 2.63 bits per heavy atom. The highest BCUT2D eigenvalue weighted by atomic mass is 19.1. The van der Waals surface area contributed by atoms with E-state index in [2.05, 4.69) is 20.6 Å². The van der Waals surface area contributed by atoms with Crippen LogP contribution in [0.4, 0.5) is 4.39 Å². The zero-order chi connectivity index (χ0) is 19.5. The van der Waals surface area contributed by atoms with Gasteiger partial charge in [-0.25, -0.2) is 14.4 Å². The zero-order valence-corrected chi connectivity index (χ0v) is 16.1. The Morgan fingerprint density at radius 2 is 1.96 bits per heavy atom. The van der Waals surface area contributed by atoms with Crippen molar-refractivity contribution in [1.29, 1.82) is 0 Å². The third-order valence-electron chi connectivity index (χ3n) is 3.80. The van der Waals surface area contributed by atoms with Crippen molar-refractivity contribution in [3.63, 3.8) is 0 Å². The molecule has 6 nitrogen and oxygen atoms in total. The van der Waals surface area contributed by atoms with E-state index < -0.39 is 0 Å². The van der Waals surface area contributed by atoms with Crippen molar-refractivity contribution in [2.45, 2.75) is 26.9 Å². The van der Waals surface area contributed by atoms with E-state index in [1.807, 2.05) is 25.1 Å². The highest BCUT2D eigenvalue weighted by Crippen LogP contribution is 2.10. The molecule has 0 saturated heterocycles. The number of nitrogens with zero attached hydrogens (tertiary/aromatic N) is 2. The predicted molar refractivity (Wildman–Crippen MR) is 104 cm³/mol. The second kappa shape index (κ2) is 11.1. The summed E-state index contributed by atoms with van der Waals surface area (Å²) in [5, 5.41) is 6.39. The van der Waals surface area contributed by atoms with Gasteiger partial charge >= 0.3 is 0 Å². The van der Waals surface area contributed by atoms with Gasteiger partial charge in [0.05, 0.1) is 13.2 Å². The lowest BCUT2D eigenvalue weighted by Gasteiger charge is -2.12. The number of aryl methyl sites for hydroxylation is 1. The Hall–Kier alpha value is -2.67. The Morgan fingerprint density at radius 1 is 1.15 bits per heavy atom. The zero-order valence-electron chi connectivity index (χ0n) is 16.1. The van der Waals surface area contributed by atoms with Gasteiger partial charge in [0, 0.05) is 32.5 Å². The highest BCUT2D eigenvalue weighted by Gasteiger charge is 2.02. The van der Waals surface area contributed by atoms with Crippen molar-refractivity contribution in [3.05, 3.63) is 59.0 Å². The topological polar surface area (TPSA) is 67.8 Å². The Bertz CT molecular complexity index is 735. The fraction of sp³-hybridized carbons (Fsp3) is 0.400. The monoisotopic (exact) mass is 374 g/mol. The van der Waals surface area contributed by atoms with Gasteiger partial charge in [-0.3, -0.25) is 0 Å². The molecule has 1 heterocycles. The van der Waals surface area contributed by atoms with Crippen molar-refractivity contribution in [3.8, 4) is 5.88 Å². The van der Waals surface area contributed by atoms with Crippen molar-refractivity contribution in [2.24, 2.45) is 4.99 Å². The molecule has 0 fully saturated rings. The highest BCUT2D eigenvalue weighted by molar-refractivity contribution is 5.79. The fourth-order valence-electron chi connectivity index (χ4n) is 2.26. The Kier molecular flexibility index (Phi) is 8.51. The number of guanidine groups is 1. The van der Waals surface area contributed by atoms with Crippen LogP contribution in [0.25, 0.3) is 0 Å². The van der Waals surface area contributed by atoms with Gasteiger partial charge in [0.15, 0.2) is 5.96 Å². The van der Waals surface area contributed by atoms with E-state index in [1.54, 1.807) is 26.3 Å². The molecule has 2 aromatic rings. The van der Waals surface area contributed by atoms with Crippen molar-refractivity contribution in [1.82, 2.24) is 15.6 Å². The second-order valence-corrected chi connectivity index (χ2v) is 5.98. The number of methoxy groups -OCH3 is 1. The van der Waals surface area contributed by atoms with Gasteiger partial charge < -0.3 is 20.1 Å². The molecule has 0 spiro atoms. The van der Waals surface area contributed by atoms with Crippen LogP contribution in [0.15, 0.2) is 41.5 Å². The minimum Gasteiger partial charge on any atom is -0.475 e. The average Bonchev–Trinajstić information content (AvgIpc) is 2.68. The molecule has 0 radical (unpaired) electrons. The molecule has 0 unspecified atom stereocenters. The van der Waals surface area contributed by atoms with Crippen molar-refractivity contribution in [2.75, 3.05) is 26.9 Å². The summed E-state index contributed by atoms with van der Waals surface area (Å²) in [6.07, 6.45) is 1.74. The lowest BCUT2D eigenvalue weighted by molar-refractivity contribution is 0.143. The number of hydrogen-bond donors (Lipinski definition) is 2. The van der Waals surface area contributed by atoms with Crippen LogP contribution in [0.5, 0.6) is 5.88 Å². The number of nitrogens with one attached hydrogen (secondary N) is 2. The minimum absolute atomic E-state index is 0.199. The summed E-state index contributed by atoms with van der Waals surface area (Å²) in [6.45, 7) is 6.44. The number of rotatable bonds is 9.